The first-order valence-corrected chi connectivity index (χ1v) is 11.1. The molecule has 8 heteroatoms. The van der Waals surface area contributed by atoms with Gasteiger partial charge in [0, 0.05) is 17.0 Å². The molecule has 158 valence electrons. The van der Waals surface area contributed by atoms with E-state index in [4.69, 9.17) is 21.3 Å². The molecule has 0 bridgehead atoms. The van der Waals surface area contributed by atoms with Gasteiger partial charge >= 0.3 is 5.97 Å². The van der Waals surface area contributed by atoms with Gasteiger partial charge in [-0.1, -0.05) is 29.4 Å². The van der Waals surface area contributed by atoms with Gasteiger partial charge in [0.2, 0.25) is 0 Å². The summed E-state index contributed by atoms with van der Waals surface area (Å²) in [7, 11) is 0. The Bertz CT molecular complexity index is 1230. The number of carbonyl (C=O) groups excluding carboxylic acids is 1. The third-order valence-electron chi connectivity index (χ3n) is 4.64. The Hall–Kier alpha value is -2.90. The van der Waals surface area contributed by atoms with Crippen LogP contribution in [0.4, 0.5) is 4.39 Å². The summed E-state index contributed by atoms with van der Waals surface area (Å²) in [5, 5.41) is 1.18. The van der Waals surface area contributed by atoms with Crippen LogP contribution in [0.25, 0.3) is 11.0 Å². The normalized spacial score (nSPS) is 11.1. The van der Waals surface area contributed by atoms with Crippen LogP contribution < -0.4 is 0 Å². The van der Waals surface area contributed by atoms with Crippen LogP contribution in [0, 0.1) is 5.82 Å². The standard InChI is InChI=1S/C23H19ClFN3O2S/c1-2-30-22(29)15-6-9-21-20(12-15)27-23(28(21)13-18-5-3-4-10-26-18)31-14-16-11-17(24)7-8-19(16)25/h3-12H,2,13-14H2,1H3. The zero-order chi connectivity index (χ0) is 21.8. The van der Waals surface area contributed by atoms with E-state index in [1.807, 2.05) is 28.8 Å². The molecule has 0 saturated carbocycles. The van der Waals surface area contributed by atoms with Crippen LogP contribution in [0.1, 0.15) is 28.5 Å². The van der Waals surface area contributed by atoms with E-state index in [2.05, 4.69) is 4.98 Å². The SMILES string of the molecule is CCOC(=O)c1ccc2c(c1)nc(SCc1cc(Cl)ccc1F)n2Cc1ccccn1. The van der Waals surface area contributed by atoms with E-state index in [1.165, 1.54) is 23.9 Å². The number of hydrogen-bond donors (Lipinski definition) is 0. The minimum Gasteiger partial charge on any atom is -0.462 e. The van der Waals surface area contributed by atoms with Crippen molar-refractivity contribution < 1.29 is 13.9 Å². The molecule has 0 saturated heterocycles. The molecule has 5 nitrogen and oxygen atoms in total. The minimum atomic E-state index is -0.390. The number of imidazole rings is 1. The molecular formula is C23H19ClFN3O2S. The molecule has 0 N–H and O–H groups in total. The zero-order valence-corrected chi connectivity index (χ0v) is 18.3. The molecule has 4 aromatic rings. The van der Waals surface area contributed by atoms with Gasteiger partial charge in [0.05, 0.1) is 35.4 Å². The highest BCUT2D eigenvalue weighted by molar-refractivity contribution is 7.98. The Labute approximate surface area is 188 Å². The summed E-state index contributed by atoms with van der Waals surface area (Å²) in [6.07, 6.45) is 1.74. The van der Waals surface area contributed by atoms with Crippen LogP contribution >= 0.6 is 23.4 Å². The zero-order valence-electron chi connectivity index (χ0n) is 16.7. The number of rotatable bonds is 7. The third kappa shape index (κ3) is 4.89. The number of aromatic nitrogens is 3. The molecule has 0 aliphatic rings. The number of halogens is 2. The Morgan fingerprint density at radius 1 is 1.19 bits per heavy atom. The number of benzene rings is 2. The Balaban J connectivity index is 1.71. The Morgan fingerprint density at radius 3 is 2.84 bits per heavy atom. The van der Waals surface area contributed by atoms with Crippen molar-refractivity contribution in [1.29, 1.82) is 0 Å². The van der Waals surface area contributed by atoms with E-state index in [0.717, 1.165) is 11.2 Å². The predicted octanol–water partition coefficient (Wildman–Crippen LogP) is 5.74. The van der Waals surface area contributed by atoms with Crippen LogP contribution in [-0.4, -0.2) is 27.1 Å². The van der Waals surface area contributed by atoms with Gasteiger partial charge in [-0.3, -0.25) is 4.98 Å². The van der Waals surface area contributed by atoms with Crippen LogP contribution in [0.5, 0.6) is 0 Å². The lowest BCUT2D eigenvalue weighted by molar-refractivity contribution is 0.0526. The van der Waals surface area contributed by atoms with Gasteiger partial charge in [-0.2, -0.15) is 0 Å². The average Bonchev–Trinajstić information content (AvgIpc) is 3.11. The lowest BCUT2D eigenvalue weighted by atomic mass is 10.2. The van der Waals surface area contributed by atoms with Crippen LogP contribution in [-0.2, 0) is 17.0 Å². The number of fused-ring (bicyclic) bond motifs is 1. The van der Waals surface area contributed by atoms with Crippen molar-refractivity contribution in [3.05, 3.63) is 88.5 Å². The lowest BCUT2D eigenvalue weighted by Crippen LogP contribution is -2.05. The van der Waals surface area contributed by atoms with E-state index >= 15 is 0 Å². The first kappa shape index (κ1) is 21.3. The second-order valence-corrected chi connectivity index (χ2v) is 8.13. The molecular weight excluding hydrogens is 437 g/mol. The molecule has 2 aromatic heterocycles. The molecule has 2 aromatic carbocycles. The summed E-state index contributed by atoms with van der Waals surface area (Å²) >= 11 is 7.43. The maximum absolute atomic E-state index is 14.2. The van der Waals surface area contributed by atoms with Crippen molar-refractivity contribution in [2.24, 2.45) is 0 Å². The van der Waals surface area contributed by atoms with Gasteiger partial charge in [0.1, 0.15) is 5.82 Å². The van der Waals surface area contributed by atoms with Gasteiger partial charge < -0.3 is 9.30 Å². The molecule has 4 rings (SSSR count). The number of ether oxygens (including phenoxy) is 1. The first-order valence-electron chi connectivity index (χ1n) is 9.69. The number of hydrogen-bond acceptors (Lipinski definition) is 5. The van der Waals surface area contributed by atoms with Crippen molar-refractivity contribution in [3.63, 3.8) is 0 Å². The number of pyridine rings is 1. The average molecular weight is 456 g/mol. The van der Waals surface area contributed by atoms with E-state index in [0.29, 0.717) is 45.7 Å². The fraction of sp³-hybridized carbons (Fsp3) is 0.174. The molecule has 0 spiro atoms. The van der Waals surface area contributed by atoms with Crippen molar-refractivity contribution >= 4 is 40.4 Å². The highest BCUT2D eigenvalue weighted by Gasteiger charge is 2.16. The summed E-state index contributed by atoms with van der Waals surface area (Å²) in [6.45, 7) is 2.56. The lowest BCUT2D eigenvalue weighted by Gasteiger charge is -2.09. The smallest absolute Gasteiger partial charge is 0.338 e. The summed E-state index contributed by atoms with van der Waals surface area (Å²) in [5.74, 6) is -0.337. The van der Waals surface area contributed by atoms with Gasteiger partial charge in [-0.15, -0.1) is 0 Å². The minimum absolute atomic E-state index is 0.303. The van der Waals surface area contributed by atoms with E-state index in [9.17, 15) is 9.18 Å². The summed E-state index contributed by atoms with van der Waals surface area (Å²) < 4.78 is 21.3. The molecule has 0 atom stereocenters. The van der Waals surface area contributed by atoms with Gasteiger partial charge in [0.25, 0.3) is 0 Å². The molecule has 0 aliphatic carbocycles. The molecule has 0 unspecified atom stereocenters. The molecule has 31 heavy (non-hydrogen) atoms. The van der Waals surface area contributed by atoms with Gasteiger partial charge in [-0.25, -0.2) is 14.2 Å². The number of carbonyl (C=O) groups is 1. The van der Waals surface area contributed by atoms with Crippen molar-refractivity contribution in [3.8, 4) is 0 Å². The molecule has 0 fully saturated rings. The van der Waals surface area contributed by atoms with Crippen LogP contribution in [0.15, 0.2) is 66.0 Å². The third-order valence-corrected chi connectivity index (χ3v) is 5.90. The highest BCUT2D eigenvalue weighted by atomic mass is 35.5. The Morgan fingerprint density at radius 2 is 2.06 bits per heavy atom. The van der Waals surface area contributed by atoms with Crippen molar-refractivity contribution in [1.82, 2.24) is 14.5 Å². The molecule has 0 aliphatic heterocycles. The quantitative estimate of drug-likeness (QED) is 0.262. The second-order valence-electron chi connectivity index (χ2n) is 6.75. The number of nitrogens with zero attached hydrogens (tertiary/aromatic N) is 3. The molecule has 0 amide bonds. The summed E-state index contributed by atoms with van der Waals surface area (Å²) in [5.41, 5.74) is 3.32. The molecule has 2 heterocycles. The predicted molar refractivity (Wildman–Crippen MR) is 120 cm³/mol. The van der Waals surface area contributed by atoms with E-state index < -0.39 is 0 Å². The van der Waals surface area contributed by atoms with Crippen molar-refractivity contribution in [2.75, 3.05) is 6.61 Å². The Kier molecular flexibility index (Phi) is 6.53. The topological polar surface area (TPSA) is 57.0 Å². The van der Waals surface area contributed by atoms with Crippen molar-refractivity contribution in [2.45, 2.75) is 24.4 Å². The van der Waals surface area contributed by atoms with E-state index in [1.54, 1.807) is 31.3 Å². The highest BCUT2D eigenvalue weighted by Crippen LogP contribution is 2.30. The number of thioether (sulfide) groups is 1. The molecule has 0 radical (unpaired) electrons. The van der Waals surface area contributed by atoms with Crippen LogP contribution in [0.2, 0.25) is 5.02 Å². The van der Waals surface area contributed by atoms with Gasteiger partial charge in [-0.05, 0) is 61.0 Å². The second kappa shape index (κ2) is 9.49. The summed E-state index contributed by atoms with van der Waals surface area (Å²) in [6, 6.07) is 15.5. The fourth-order valence-corrected chi connectivity index (χ4v) is 4.34. The maximum atomic E-state index is 14.2. The van der Waals surface area contributed by atoms with Gasteiger partial charge in [0.15, 0.2) is 5.16 Å². The van der Waals surface area contributed by atoms with Crippen LogP contribution in [0.3, 0.4) is 0 Å². The van der Waals surface area contributed by atoms with E-state index in [-0.39, 0.29) is 11.8 Å². The largest absolute Gasteiger partial charge is 0.462 e. The fourth-order valence-electron chi connectivity index (χ4n) is 3.16. The monoisotopic (exact) mass is 455 g/mol. The number of esters is 1. The first-order chi connectivity index (χ1) is 15.0. The maximum Gasteiger partial charge on any atom is 0.338 e. The summed E-state index contributed by atoms with van der Waals surface area (Å²) in [4.78, 5) is 21.2.